The maximum absolute atomic E-state index is 12.5. The van der Waals surface area contributed by atoms with Crippen LogP contribution in [0.2, 0.25) is 10.0 Å². The van der Waals surface area contributed by atoms with Crippen molar-refractivity contribution >= 4 is 46.2 Å². The van der Waals surface area contributed by atoms with E-state index in [0.717, 1.165) is 4.57 Å². The predicted molar refractivity (Wildman–Crippen MR) is 89.5 cm³/mol. The van der Waals surface area contributed by atoms with E-state index in [1.54, 1.807) is 39.8 Å². The van der Waals surface area contributed by atoms with Crippen LogP contribution in [0.15, 0.2) is 18.2 Å². The van der Waals surface area contributed by atoms with Crippen LogP contribution in [0, 0.1) is 0 Å². The lowest BCUT2D eigenvalue weighted by Gasteiger charge is -2.20. The highest BCUT2D eigenvalue weighted by atomic mass is 35.5. The number of esters is 1. The third kappa shape index (κ3) is 3.79. The van der Waals surface area contributed by atoms with Crippen LogP contribution in [0.5, 0.6) is 0 Å². The van der Waals surface area contributed by atoms with Gasteiger partial charge in [-0.2, -0.15) is 0 Å². The minimum absolute atomic E-state index is 0.0419. The molecule has 0 fully saturated rings. The normalized spacial score (nSPS) is 11.6. The van der Waals surface area contributed by atoms with Crippen molar-refractivity contribution < 1.29 is 19.1 Å². The minimum Gasteiger partial charge on any atom is -0.461 e. The monoisotopic (exact) mass is 357 g/mol. The van der Waals surface area contributed by atoms with Crippen molar-refractivity contribution in [3.63, 3.8) is 0 Å². The van der Waals surface area contributed by atoms with Crippen LogP contribution in [0.4, 0.5) is 4.79 Å². The van der Waals surface area contributed by atoms with E-state index in [9.17, 15) is 9.59 Å². The third-order valence-electron chi connectivity index (χ3n) is 2.90. The van der Waals surface area contributed by atoms with Crippen molar-refractivity contribution in [3.8, 4) is 0 Å². The third-order valence-corrected chi connectivity index (χ3v) is 3.43. The predicted octanol–water partition coefficient (Wildman–Crippen LogP) is 4.91. The second kappa shape index (κ2) is 6.42. The molecule has 0 aliphatic heterocycles. The number of aromatic nitrogens is 1. The van der Waals surface area contributed by atoms with Crippen molar-refractivity contribution in [1.82, 2.24) is 4.57 Å². The molecule has 5 nitrogen and oxygen atoms in total. The molecule has 1 heterocycles. The quantitative estimate of drug-likeness (QED) is 0.716. The number of hydrogen-bond donors (Lipinski definition) is 0. The summed E-state index contributed by atoms with van der Waals surface area (Å²) in [4.78, 5) is 24.7. The highest BCUT2D eigenvalue weighted by Crippen LogP contribution is 2.31. The number of rotatable bonds is 2. The Balaban J connectivity index is 2.69. The molecule has 124 valence electrons. The minimum atomic E-state index is -0.720. The van der Waals surface area contributed by atoms with Gasteiger partial charge in [0.05, 0.1) is 17.1 Å². The Hall–Kier alpha value is -1.72. The number of fused-ring (bicyclic) bond motifs is 1. The molecule has 0 amide bonds. The van der Waals surface area contributed by atoms with E-state index in [2.05, 4.69) is 0 Å². The molecule has 0 aliphatic carbocycles. The molecule has 2 rings (SSSR count). The lowest BCUT2D eigenvalue weighted by atomic mass is 10.2. The fourth-order valence-corrected chi connectivity index (χ4v) is 2.63. The molecule has 0 saturated carbocycles. The van der Waals surface area contributed by atoms with Gasteiger partial charge in [-0.1, -0.05) is 23.2 Å². The maximum atomic E-state index is 12.5. The number of ether oxygens (including phenoxy) is 2. The van der Waals surface area contributed by atoms with Gasteiger partial charge in [-0.3, -0.25) is 0 Å². The first-order valence-electron chi connectivity index (χ1n) is 7.05. The Morgan fingerprint density at radius 2 is 1.83 bits per heavy atom. The van der Waals surface area contributed by atoms with Crippen LogP contribution >= 0.6 is 23.2 Å². The molecule has 0 saturated heterocycles. The Bertz CT molecular complexity index is 774. The summed E-state index contributed by atoms with van der Waals surface area (Å²) in [6, 6.07) is 4.59. The summed E-state index contributed by atoms with van der Waals surface area (Å²) in [7, 11) is 0. The molecule has 0 bridgehead atoms. The van der Waals surface area contributed by atoms with Crippen molar-refractivity contribution in [3.05, 3.63) is 33.9 Å². The van der Waals surface area contributed by atoms with E-state index < -0.39 is 17.7 Å². The van der Waals surface area contributed by atoms with E-state index in [1.165, 1.54) is 6.07 Å². The zero-order valence-corrected chi connectivity index (χ0v) is 14.8. The molecule has 7 heteroatoms. The molecule has 1 aromatic heterocycles. The van der Waals surface area contributed by atoms with Crippen LogP contribution in [-0.2, 0) is 9.47 Å². The smallest absolute Gasteiger partial charge is 0.419 e. The van der Waals surface area contributed by atoms with Gasteiger partial charge in [0, 0.05) is 10.4 Å². The lowest BCUT2D eigenvalue weighted by molar-refractivity contribution is 0.0454. The molecule has 0 atom stereocenters. The van der Waals surface area contributed by atoms with Crippen molar-refractivity contribution in [1.29, 1.82) is 0 Å². The van der Waals surface area contributed by atoms with E-state index in [1.807, 2.05) is 0 Å². The highest BCUT2D eigenvalue weighted by Gasteiger charge is 2.26. The van der Waals surface area contributed by atoms with Crippen molar-refractivity contribution in [2.45, 2.75) is 33.3 Å². The van der Waals surface area contributed by atoms with E-state index in [-0.39, 0.29) is 12.3 Å². The van der Waals surface area contributed by atoms with Gasteiger partial charge < -0.3 is 9.47 Å². The molecular weight excluding hydrogens is 341 g/mol. The van der Waals surface area contributed by atoms with Gasteiger partial charge in [0.1, 0.15) is 11.3 Å². The standard InChI is InChI=1S/C16H17Cl2NO4/c1-5-22-14(20)13-8-10-11(18)6-9(17)7-12(10)19(13)15(21)23-16(2,3)4/h6-8H,5H2,1-4H3. The first kappa shape index (κ1) is 17.6. The van der Waals surface area contributed by atoms with E-state index in [4.69, 9.17) is 32.7 Å². The number of benzene rings is 1. The number of nitrogens with zero attached hydrogens (tertiary/aromatic N) is 1. The number of carbonyl (C=O) groups is 2. The number of halogens is 2. The fourth-order valence-electron chi connectivity index (χ4n) is 2.09. The van der Waals surface area contributed by atoms with Gasteiger partial charge in [-0.05, 0) is 45.9 Å². The van der Waals surface area contributed by atoms with Crippen LogP contribution in [-0.4, -0.2) is 28.8 Å². The Morgan fingerprint density at radius 3 is 2.39 bits per heavy atom. The Labute approximate surface area is 144 Å². The van der Waals surface area contributed by atoms with E-state index >= 15 is 0 Å². The van der Waals surface area contributed by atoms with Crippen molar-refractivity contribution in [2.24, 2.45) is 0 Å². The Morgan fingerprint density at radius 1 is 1.17 bits per heavy atom. The second-order valence-corrected chi connectivity index (χ2v) is 6.73. The molecule has 1 aromatic carbocycles. The summed E-state index contributed by atoms with van der Waals surface area (Å²) < 4.78 is 11.5. The van der Waals surface area contributed by atoms with Gasteiger partial charge >= 0.3 is 12.1 Å². The summed E-state index contributed by atoms with van der Waals surface area (Å²) in [6.07, 6.45) is -0.700. The molecule has 0 radical (unpaired) electrons. The largest absolute Gasteiger partial charge is 0.461 e. The van der Waals surface area contributed by atoms with Gasteiger partial charge in [0.25, 0.3) is 0 Å². The van der Waals surface area contributed by atoms with Gasteiger partial charge in [-0.15, -0.1) is 0 Å². The molecule has 0 N–H and O–H groups in total. The zero-order chi connectivity index (χ0) is 17.4. The van der Waals surface area contributed by atoms with Crippen molar-refractivity contribution in [2.75, 3.05) is 6.61 Å². The summed E-state index contributed by atoms with van der Waals surface area (Å²) in [6.45, 7) is 7.08. The maximum Gasteiger partial charge on any atom is 0.419 e. The average molecular weight is 358 g/mol. The van der Waals surface area contributed by atoms with Gasteiger partial charge in [0.2, 0.25) is 0 Å². The molecule has 0 aliphatic rings. The van der Waals surface area contributed by atoms with Crippen LogP contribution in [0.1, 0.15) is 38.2 Å². The molecule has 0 spiro atoms. The van der Waals surface area contributed by atoms with Gasteiger partial charge in [-0.25, -0.2) is 14.2 Å². The summed E-state index contributed by atoms with van der Waals surface area (Å²) in [5.74, 6) is -0.637. The summed E-state index contributed by atoms with van der Waals surface area (Å²) >= 11 is 12.2. The van der Waals surface area contributed by atoms with Crippen LogP contribution in [0.3, 0.4) is 0 Å². The zero-order valence-electron chi connectivity index (χ0n) is 13.3. The van der Waals surface area contributed by atoms with Gasteiger partial charge in [0.15, 0.2) is 0 Å². The first-order chi connectivity index (χ1) is 10.6. The molecular formula is C16H17Cl2NO4. The summed E-state index contributed by atoms with van der Waals surface area (Å²) in [5, 5.41) is 1.20. The molecule has 23 heavy (non-hydrogen) atoms. The van der Waals surface area contributed by atoms with E-state index in [0.29, 0.717) is 20.9 Å². The lowest BCUT2D eigenvalue weighted by Crippen LogP contribution is -2.29. The first-order valence-corrected chi connectivity index (χ1v) is 7.80. The topological polar surface area (TPSA) is 57.5 Å². The number of carbonyl (C=O) groups excluding carboxylic acids is 2. The average Bonchev–Trinajstić information content (AvgIpc) is 2.76. The van der Waals surface area contributed by atoms with Crippen LogP contribution in [0.25, 0.3) is 10.9 Å². The number of hydrogen-bond acceptors (Lipinski definition) is 4. The fraction of sp³-hybridized carbons (Fsp3) is 0.375. The Kier molecular flexibility index (Phi) is 4.92. The summed E-state index contributed by atoms with van der Waals surface area (Å²) in [5.41, 5.74) is -0.290. The molecule has 0 unspecified atom stereocenters. The highest BCUT2D eigenvalue weighted by molar-refractivity contribution is 6.39. The second-order valence-electron chi connectivity index (χ2n) is 5.89. The SMILES string of the molecule is CCOC(=O)c1cc2c(Cl)cc(Cl)cc2n1C(=O)OC(C)(C)C. The van der Waals surface area contributed by atoms with Crippen LogP contribution < -0.4 is 0 Å². The molecule has 2 aromatic rings.